The van der Waals surface area contributed by atoms with E-state index >= 15 is 0 Å². The summed E-state index contributed by atoms with van der Waals surface area (Å²) in [5.41, 5.74) is 0.246. The highest BCUT2D eigenvalue weighted by Crippen LogP contribution is 2.45. The van der Waals surface area contributed by atoms with Crippen LogP contribution in [0.3, 0.4) is 0 Å². The second-order valence-corrected chi connectivity index (χ2v) is 7.38. The highest BCUT2D eigenvalue weighted by molar-refractivity contribution is 6.30. The van der Waals surface area contributed by atoms with Gasteiger partial charge in [-0.3, -0.25) is 14.4 Å². The molecule has 0 spiro atoms. The summed E-state index contributed by atoms with van der Waals surface area (Å²) in [6.07, 6.45) is 2.50. The Morgan fingerprint density at radius 1 is 1.35 bits per heavy atom. The van der Waals surface area contributed by atoms with Crippen LogP contribution in [0.4, 0.5) is 4.39 Å². The maximum Gasteiger partial charge on any atom is 0.243 e. The number of likely N-dealkylation sites (tertiary alicyclic amines) is 1. The van der Waals surface area contributed by atoms with Gasteiger partial charge in [0.05, 0.1) is 10.9 Å². The van der Waals surface area contributed by atoms with E-state index in [1.54, 1.807) is 6.07 Å². The van der Waals surface area contributed by atoms with E-state index in [-0.39, 0.29) is 34.9 Å². The first-order valence-corrected chi connectivity index (χ1v) is 9.06. The van der Waals surface area contributed by atoms with E-state index in [1.165, 1.54) is 24.0 Å². The zero-order chi connectivity index (χ0) is 19.0. The third-order valence-corrected chi connectivity index (χ3v) is 5.79. The molecular weight excluding hydrogens is 359 g/mol. The number of ketones is 1. The van der Waals surface area contributed by atoms with Gasteiger partial charge in [-0.15, -0.1) is 0 Å². The normalized spacial score (nSPS) is 27.3. The Balaban J connectivity index is 1.82. The van der Waals surface area contributed by atoms with E-state index in [1.807, 2.05) is 0 Å². The number of hydrogen-bond acceptors (Lipinski definition) is 3. The van der Waals surface area contributed by atoms with Crippen LogP contribution in [-0.4, -0.2) is 34.6 Å². The van der Waals surface area contributed by atoms with Crippen LogP contribution in [0.5, 0.6) is 0 Å². The minimum Gasteiger partial charge on any atom is -0.350 e. The van der Waals surface area contributed by atoms with Gasteiger partial charge in [0.1, 0.15) is 17.6 Å². The number of carbonyl (C=O) groups excluding carboxylic acids is 3. The van der Waals surface area contributed by atoms with Gasteiger partial charge in [0.2, 0.25) is 11.8 Å². The molecule has 1 aliphatic carbocycles. The molecule has 1 unspecified atom stereocenters. The number of fused-ring (bicyclic) bond motifs is 1. The topological polar surface area (TPSA) is 66.5 Å². The molecule has 0 bridgehead atoms. The van der Waals surface area contributed by atoms with Crippen LogP contribution in [-0.2, 0) is 20.9 Å². The molecule has 0 aromatic heterocycles. The molecule has 7 heteroatoms. The van der Waals surface area contributed by atoms with E-state index in [2.05, 4.69) is 12.2 Å². The minimum atomic E-state index is -0.893. The van der Waals surface area contributed by atoms with E-state index in [0.29, 0.717) is 0 Å². The Bertz CT molecular complexity index is 726. The van der Waals surface area contributed by atoms with Gasteiger partial charge < -0.3 is 10.2 Å². The van der Waals surface area contributed by atoms with Gasteiger partial charge in [0, 0.05) is 25.1 Å². The van der Waals surface area contributed by atoms with Crippen LogP contribution in [0.1, 0.15) is 31.7 Å². The van der Waals surface area contributed by atoms with Gasteiger partial charge in [-0.05, 0) is 31.7 Å². The van der Waals surface area contributed by atoms with Gasteiger partial charge in [-0.2, -0.15) is 0 Å². The van der Waals surface area contributed by atoms with Gasteiger partial charge in [0.15, 0.2) is 0 Å². The van der Waals surface area contributed by atoms with Crippen molar-refractivity contribution in [3.63, 3.8) is 0 Å². The van der Waals surface area contributed by atoms with Crippen molar-refractivity contribution >= 4 is 29.2 Å². The smallest absolute Gasteiger partial charge is 0.243 e. The number of amides is 2. The highest BCUT2D eigenvalue weighted by atomic mass is 35.5. The lowest BCUT2D eigenvalue weighted by Gasteiger charge is -2.29. The number of rotatable bonds is 4. The first-order valence-electron chi connectivity index (χ1n) is 8.68. The summed E-state index contributed by atoms with van der Waals surface area (Å²) in [6.45, 7) is 4.85. The zero-order valence-electron chi connectivity index (χ0n) is 14.5. The third kappa shape index (κ3) is 3.22. The number of carbonyl (C=O) groups is 3. The molecule has 1 saturated carbocycles. The Hall–Kier alpha value is -1.95. The first-order chi connectivity index (χ1) is 12.3. The average molecular weight is 380 g/mol. The molecule has 1 heterocycles. The van der Waals surface area contributed by atoms with E-state index in [9.17, 15) is 18.8 Å². The molecule has 4 atom stereocenters. The summed E-state index contributed by atoms with van der Waals surface area (Å²) < 4.78 is 14.0. The van der Waals surface area contributed by atoms with Crippen LogP contribution >= 0.6 is 11.6 Å². The van der Waals surface area contributed by atoms with E-state index in [4.69, 9.17) is 11.6 Å². The molecule has 139 valence electrons. The fourth-order valence-corrected chi connectivity index (χ4v) is 4.67. The van der Waals surface area contributed by atoms with Crippen molar-refractivity contribution in [3.8, 4) is 0 Å². The molecule has 1 N–H and O–H groups in total. The Morgan fingerprint density at radius 2 is 2.08 bits per heavy atom. The Labute approximate surface area is 156 Å². The Morgan fingerprint density at radius 3 is 2.73 bits per heavy atom. The van der Waals surface area contributed by atoms with Crippen molar-refractivity contribution in [2.75, 3.05) is 0 Å². The van der Waals surface area contributed by atoms with Gasteiger partial charge in [-0.1, -0.05) is 30.2 Å². The van der Waals surface area contributed by atoms with Crippen molar-refractivity contribution in [3.05, 3.63) is 41.5 Å². The number of Topliss-reactive ketones (excluding diaryl/α,β-unsaturated/α-hetero) is 1. The lowest BCUT2D eigenvalue weighted by molar-refractivity contribution is -0.139. The van der Waals surface area contributed by atoms with Crippen LogP contribution < -0.4 is 5.32 Å². The lowest BCUT2D eigenvalue weighted by atomic mass is 9.85. The van der Waals surface area contributed by atoms with Crippen molar-refractivity contribution in [1.82, 2.24) is 10.2 Å². The van der Waals surface area contributed by atoms with Crippen molar-refractivity contribution in [2.45, 2.75) is 44.8 Å². The summed E-state index contributed by atoms with van der Waals surface area (Å²) in [4.78, 5) is 38.6. The molecule has 2 aliphatic rings. The quantitative estimate of drug-likeness (QED) is 0.874. The van der Waals surface area contributed by atoms with Crippen LogP contribution in [0.2, 0.25) is 5.02 Å². The minimum absolute atomic E-state index is 0.0168. The van der Waals surface area contributed by atoms with Crippen LogP contribution in [0.15, 0.2) is 18.2 Å². The number of halogens is 2. The second kappa shape index (κ2) is 7.35. The SMILES string of the molecule is [CH2]C(=O)N1[C@H](C(=O)NCc2cccc(Cl)c2F)C(C(C)=O)[C@H]2CCC[C@H]21. The molecule has 1 saturated heterocycles. The molecule has 1 aromatic rings. The standard InChI is InChI=1S/C19H21ClFN2O3/c1-10(24)16-13-6-4-8-15(13)23(11(2)25)18(16)19(26)22-9-12-5-3-7-14(20)17(12)21/h3,5,7,13,15-16,18H,2,4,6,8-9H2,1H3,(H,22,26)/t13-,15+,16?,18-/m0/s1. The molecule has 5 nitrogen and oxygen atoms in total. The zero-order valence-corrected chi connectivity index (χ0v) is 15.3. The van der Waals surface area contributed by atoms with Crippen LogP contribution in [0.25, 0.3) is 0 Å². The van der Waals surface area contributed by atoms with Gasteiger partial charge >= 0.3 is 0 Å². The maximum absolute atomic E-state index is 14.0. The van der Waals surface area contributed by atoms with Gasteiger partial charge in [0.25, 0.3) is 0 Å². The number of benzene rings is 1. The number of nitrogens with zero attached hydrogens (tertiary/aromatic N) is 1. The molecule has 2 fully saturated rings. The summed E-state index contributed by atoms with van der Waals surface area (Å²) in [7, 11) is 0. The fraction of sp³-hybridized carbons (Fsp3) is 0.474. The Kier molecular flexibility index (Phi) is 5.32. The van der Waals surface area contributed by atoms with E-state index in [0.717, 1.165) is 19.3 Å². The predicted octanol–water partition coefficient (Wildman–Crippen LogP) is 2.51. The first kappa shape index (κ1) is 18.8. The van der Waals surface area contributed by atoms with Crippen molar-refractivity contribution in [2.24, 2.45) is 11.8 Å². The molecule has 2 amide bonds. The monoisotopic (exact) mass is 379 g/mol. The average Bonchev–Trinajstić information content (AvgIpc) is 3.14. The largest absolute Gasteiger partial charge is 0.350 e. The molecule has 1 aromatic carbocycles. The molecule has 1 radical (unpaired) electrons. The second-order valence-electron chi connectivity index (χ2n) is 6.98. The molecular formula is C19H21ClFN2O3. The molecule has 1 aliphatic heterocycles. The summed E-state index contributed by atoms with van der Waals surface area (Å²) in [6, 6.07) is 3.52. The lowest BCUT2D eigenvalue weighted by Crippen LogP contribution is -2.51. The summed E-state index contributed by atoms with van der Waals surface area (Å²) in [5, 5.41) is 2.63. The van der Waals surface area contributed by atoms with Gasteiger partial charge in [-0.25, -0.2) is 4.39 Å². The predicted molar refractivity (Wildman–Crippen MR) is 94.5 cm³/mol. The highest BCUT2D eigenvalue weighted by Gasteiger charge is 2.55. The van der Waals surface area contributed by atoms with Crippen molar-refractivity contribution in [1.29, 1.82) is 0 Å². The molecule has 26 heavy (non-hydrogen) atoms. The van der Waals surface area contributed by atoms with Crippen LogP contribution in [0, 0.1) is 24.6 Å². The van der Waals surface area contributed by atoms with E-state index < -0.39 is 29.6 Å². The van der Waals surface area contributed by atoms with Crippen molar-refractivity contribution < 1.29 is 18.8 Å². The number of nitrogens with one attached hydrogen (secondary N) is 1. The number of hydrogen-bond donors (Lipinski definition) is 1. The summed E-state index contributed by atoms with van der Waals surface area (Å²) >= 11 is 5.76. The summed E-state index contributed by atoms with van der Waals surface area (Å²) in [5.74, 6) is -2.18. The molecule has 3 rings (SSSR count). The third-order valence-electron chi connectivity index (χ3n) is 5.50. The maximum atomic E-state index is 14.0. The fourth-order valence-electron chi connectivity index (χ4n) is 4.47.